The molecule has 0 aromatic heterocycles. The maximum atomic E-state index is 8.76. The zero-order chi connectivity index (χ0) is 24.0. The molecular weight excluding hydrogens is 398 g/mol. The smallest absolute Gasteiger partial charge is 0.121 e. The van der Waals surface area contributed by atoms with E-state index in [0.29, 0.717) is 46.1 Å². The molecule has 7 nitrogen and oxygen atoms in total. The van der Waals surface area contributed by atoms with Crippen molar-refractivity contribution in [3.63, 3.8) is 0 Å². The maximum absolute atomic E-state index is 8.76. The Labute approximate surface area is 190 Å². The van der Waals surface area contributed by atoms with Crippen LogP contribution in [0, 0.1) is 5.92 Å². The minimum absolute atomic E-state index is 0.0443. The fourth-order valence-corrected chi connectivity index (χ4v) is 2.85. The van der Waals surface area contributed by atoms with Gasteiger partial charge in [-0.05, 0) is 53.9 Å². The molecule has 0 aliphatic heterocycles. The van der Waals surface area contributed by atoms with Crippen molar-refractivity contribution in [1.82, 2.24) is 0 Å². The second-order valence-corrected chi connectivity index (χ2v) is 9.47. The summed E-state index contributed by atoms with van der Waals surface area (Å²) in [4.78, 5) is 0. The molecule has 0 radical (unpaired) electrons. The molecular formula is C24H49NO6. The van der Waals surface area contributed by atoms with Gasteiger partial charge in [0.15, 0.2) is 0 Å². The molecule has 0 spiro atoms. The van der Waals surface area contributed by atoms with Crippen LogP contribution in [-0.4, -0.2) is 74.4 Å². The monoisotopic (exact) mass is 447 g/mol. The molecule has 3 unspecified atom stereocenters. The molecule has 3 atom stereocenters. The summed E-state index contributed by atoms with van der Waals surface area (Å²) in [5.41, 5.74) is 5.06. The molecule has 7 heteroatoms. The predicted molar refractivity (Wildman–Crippen MR) is 125 cm³/mol. The Morgan fingerprint density at radius 3 is 2.13 bits per heavy atom. The Hall–Kier alpha value is -0.540. The van der Waals surface area contributed by atoms with Gasteiger partial charge in [-0.1, -0.05) is 19.9 Å². The predicted octanol–water partition coefficient (Wildman–Crippen LogP) is 3.67. The summed E-state index contributed by atoms with van der Waals surface area (Å²) < 4.78 is 29.2. The summed E-state index contributed by atoms with van der Waals surface area (Å²) >= 11 is 0. The van der Waals surface area contributed by atoms with Crippen LogP contribution in [0.15, 0.2) is 12.7 Å². The summed E-state index contributed by atoms with van der Waals surface area (Å²) in [5, 5.41) is 8.76. The van der Waals surface area contributed by atoms with E-state index >= 15 is 0 Å². The molecule has 0 aliphatic carbocycles. The van der Waals surface area contributed by atoms with Crippen LogP contribution in [0.5, 0.6) is 0 Å². The Morgan fingerprint density at radius 1 is 0.935 bits per heavy atom. The van der Waals surface area contributed by atoms with Gasteiger partial charge in [0.2, 0.25) is 0 Å². The normalized spacial score (nSPS) is 16.7. The average molecular weight is 448 g/mol. The summed E-state index contributed by atoms with van der Waals surface area (Å²) in [6, 6.07) is 0. The molecule has 0 fully saturated rings. The first-order valence-electron chi connectivity index (χ1n) is 11.5. The minimum Gasteiger partial charge on any atom is -0.394 e. The van der Waals surface area contributed by atoms with Gasteiger partial charge in [-0.2, -0.15) is 0 Å². The zero-order valence-corrected chi connectivity index (χ0v) is 21.1. The van der Waals surface area contributed by atoms with Crippen LogP contribution in [0.2, 0.25) is 0 Å². The Balaban J connectivity index is 4.24. The summed E-state index contributed by atoms with van der Waals surface area (Å²) in [7, 11) is 0. The van der Waals surface area contributed by atoms with E-state index in [1.807, 2.05) is 34.6 Å². The number of hydrogen-bond acceptors (Lipinski definition) is 7. The van der Waals surface area contributed by atoms with Gasteiger partial charge in [-0.3, -0.25) is 0 Å². The minimum atomic E-state index is -0.721. The van der Waals surface area contributed by atoms with Gasteiger partial charge in [0.05, 0.1) is 56.9 Å². The summed E-state index contributed by atoms with van der Waals surface area (Å²) in [5.74, 6) is 0.0462. The summed E-state index contributed by atoms with van der Waals surface area (Å²) in [6.07, 6.45) is 3.90. The Bertz CT molecular complexity index is 471. The number of aliphatic hydroxyl groups is 1. The second-order valence-electron chi connectivity index (χ2n) is 9.47. The maximum Gasteiger partial charge on any atom is 0.121 e. The third-order valence-corrected chi connectivity index (χ3v) is 5.48. The molecule has 0 rings (SSSR count). The molecule has 31 heavy (non-hydrogen) atoms. The summed E-state index contributed by atoms with van der Waals surface area (Å²) in [6.45, 7) is 21.0. The highest BCUT2D eigenvalue weighted by atomic mass is 16.6. The molecule has 3 N–H and O–H groups in total. The van der Waals surface area contributed by atoms with Crippen LogP contribution in [0.3, 0.4) is 0 Å². The van der Waals surface area contributed by atoms with Gasteiger partial charge < -0.3 is 34.5 Å². The third-order valence-electron chi connectivity index (χ3n) is 5.48. The largest absolute Gasteiger partial charge is 0.394 e. The standard InChI is InChI=1S/C24H49NO6/c1-9-14-30-24(25,10-2)20(3)18-28-21(4)19-31-23(7,8)12-16-29-22(5,6)11-15-27-17-13-26/h9,20-21,26H,1,10-19,25H2,2-8H3. The van der Waals surface area contributed by atoms with Crippen molar-refractivity contribution in [3.8, 4) is 0 Å². The van der Waals surface area contributed by atoms with Gasteiger partial charge >= 0.3 is 0 Å². The van der Waals surface area contributed by atoms with Crippen molar-refractivity contribution in [2.24, 2.45) is 11.7 Å². The lowest BCUT2D eigenvalue weighted by molar-refractivity contribution is -0.124. The van der Waals surface area contributed by atoms with E-state index in [-0.39, 0.29) is 29.8 Å². The van der Waals surface area contributed by atoms with Crippen LogP contribution in [0.1, 0.15) is 67.7 Å². The number of aliphatic hydroxyl groups excluding tert-OH is 1. The molecule has 0 saturated carbocycles. The second kappa shape index (κ2) is 15.3. The van der Waals surface area contributed by atoms with Gasteiger partial charge in [0.1, 0.15) is 5.72 Å². The van der Waals surface area contributed by atoms with E-state index in [9.17, 15) is 0 Å². The molecule has 0 aromatic carbocycles. The molecule has 0 amide bonds. The number of hydrogen-bond donors (Lipinski definition) is 2. The fraction of sp³-hybridized carbons (Fsp3) is 0.917. The molecule has 0 heterocycles. The van der Waals surface area contributed by atoms with Gasteiger partial charge in [-0.25, -0.2) is 0 Å². The van der Waals surface area contributed by atoms with E-state index in [1.54, 1.807) is 6.08 Å². The number of ether oxygens (including phenoxy) is 5. The average Bonchev–Trinajstić information content (AvgIpc) is 2.71. The first kappa shape index (κ1) is 30.5. The van der Waals surface area contributed by atoms with Crippen molar-refractivity contribution in [3.05, 3.63) is 12.7 Å². The molecule has 186 valence electrons. The van der Waals surface area contributed by atoms with E-state index < -0.39 is 5.72 Å². The lowest BCUT2D eigenvalue weighted by Gasteiger charge is -2.35. The third kappa shape index (κ3) is 14.3. The fourth-order valence-electron chi connectivity index (χ4n) is 2.85. The molecule has 0 bridgehead atoms. The Kier molecular flexibility index (Phi) is 15.1. The van der Waals surface area contributed by atoms with E-state index in [1.165, 1.54) is 0 Å². The molecule has 0 aromatic rings. The van der Waals surface area contributed by atoms with Gasteiger partial charge in [0, 0.05) is 12.5 Å². The lowest BCUT2D eigenvalue weighted by Crippen LogP contribution is -2.50. The van der Waals surface area contributed by atoms with Crippen molar-refractivity contribution in [2.75, 3.05) is 46.2 Å². The van der Waals surface area contributed by atoms with Crippen molar-refractivity contribution >= 4 is 0 Å². The number of nitrogens with two attached hydrogens (primary N) is 1. The number of rotatable bonds is 20. The van der Waals surface area contributed by atoms with Crippen LogP contribution in [-0.2, 0) is 23.7 Å². The lowest BCUT2D eigenvalue weighted by atomic mass is 9.96. The van der Waals surface area contributed by atoms with Crippen LogP contribution < -0.4 is 5.73 Å². The highest BCUT2D eigenvalue weighted by molar-refractivity contribution is 4.81. The SMILES string of the molecule is C=CCOC(N)(CC)C(C)COC(C)COC(C)(C)CCOC(C)(C)CCOCCO. The quantitative estimate of drug-likeness (QED) is 0.167. The van der Waals surface area contributed by atoms with Crippen LogP contribution in [0.25, 0.3) is 0 Å². The van der Waals surface area contributed by atoms with E-state index in [2.05, 4.69) is 20.4 Å². The van der Waals surface area contributed by atoms with E-state index in [0.717, 1.165) is 12.8 Å². The zero-order valence-electron chi connectivity index (χ0n) is 21.1. The van der Waals surface area contributed by atoms with Crippen LogP contribution >= 0.6 is 0 Å². The van der Waals surface area contributed by atoms with Crippen LogP contribution in [0.4, 0.5) is 0 Å². The van der Waals surface area contributed by atoms with E-state index in [4.69, 9.17) is 34.5 Å². The van der Waals surface area contributed by atoms with Crippen molar-refractivity contribution in [1.29, 1.82) is 0 Å². The first-order valence-corrected chi connectivity index (χ1v) is 11.5. The Morgan fingerprint density at radius 2 is 1.55 bits per heavy atom. The molecule has 0 aliphatic rings. The van der Waals surface area contributed by atoms with Crippen molar-refractivity contribution in [2.45, 2.75) is 90.8 Å². The topological polar surface area (TPSA) is 92.4 Å². The van der Waals surface area contributed by atoms with Gasteiger partial charge in [0.25, 0.3) is 0 Å². The highest BCUT2D eigenvalue weighted by Crippen LogP contribution is 2.22. The highest BCUT2D eigenvalue weighted by Gasteiger charge is 2.31. The molecule has 0 saturated heterocycles. The van der Waals surface area contributed by atoms with Gasteiger partial charge in [-0.15, -0.1) is 6.58 Å². The van der Waals surface area contributed by atoms with Crippen molar-refractivity contribution < 1.29 is 28.8 Å². The first-order chi connectivity index (χ1) is 14.4.